The number of ether oxygens (including phenoxy) is 2. The van der Waals surface area contributed by atoms with Crippen molar-refractivity contribution in [2.24, 2.45) is 0 Å². The molecule has 2 saturated heterocycles. The summed E-state index contributed by atoms with van der Waals surface area (Å²) >= 11 is 12.5. The zero-order chi connectivity index (χ0) is 24.5. The van der Waals surface area contributed by atoms with Crippen molar-refractivity contribution in [2.75, 3.05) is 39.4 Å². The smallest absolute Gasteiger partial charge is 0.271 e. The molecule has 2 aliphatic rings. The van der Waals surface area contributed by atoms with Crippen molar-refractivity contribution < 1.29 is 14.3 Å². The monoisotopic (exact) mass is 515 g/mol. The highest BCUT2D eigenvalue weighted by Gasteiger charge is 2.25. The predicted octanol–water partition coefficient (Wildman–Crippen LogP) is 5.66. The number of benzene rings is 2. The molecule has 2 aromatic carbocycles. The molecule has 0 radical (unpaired) electrons. The van der Waals surface area contributed by atoms with Gasteiger partial charge in [-0.05, 0) is 69.2 Å². The highest BCUT2D eigenvalue weighted by Crippen LogP contribution is 2.32. The predicted molar refractivity (Wildman–Crippen MR) is 140 cm³/mol. The first kappa shape index (κ1) is 24.4. The van der Waals surface area contributed by atoms with Crippen molar-refractivity contribution in [1.29, 1.82) is 0 Å². The number of likely N-dealkylation sites (tertiary alicyclic amines) is 1. The van der Waals surface area contributed by atoms with E-state index in [2.05, 4.69) is 18.7 Å². The van der Waals surface area contributed by atoms with Crippen molar-refractivity contribution in [3.8, 4) is 11.4 Å². The fourth-order valence-corrected chi connectivity index (χ4v) is 5.25. The summed E-state index contributed by atoms with van der Waals surface area (Å²) in [6.45, 7) is 8.83. The Kier molecular flexibility index (Phi) is 7.26. The lowest BCUT2D eigenvalue weighted by molar-refractivity contribution is 0.0298. The van der Waals surface area contributed by atoms with Gasteiger partial charge in [0.05, 0.1) is 28.8 Å². The first-order valence-corrected chi connectivity index (χ1v) is 13.0. The Morgan fingerprint density at radius 2 is 1.71 bits per heavy atom. The molecule has 0 spiro atoms. The lowest BCUT2D eigenvalue weighted by Gasteiger charge is -2.34. The third kappa shape index (κ3) is 5.17. The van der Waals surface area contributed by atoms with E-state index in [0.29, 0.717) is 48.1 Å². The number of carbonyl (C=O) groups excluding carboxylic acids is 1. The van der Waals surface area contributed by atoms with Gasteiger partial charge in [0.25, 0.3) is 5.91 Å². The van der Waals surface area contributed by atoms with E-state index >= 15 is 0 Å². The zero-order valence-electron chi connectivity index (χ0n) is 20.2. The third-order valence-corrected chi connectivity index (χ3v) is 7.70. The van der Waals surface area contributed by atoms with Crippen molar-refractivity contribution >= 4 is 40.0 Å². The zero-order valence-corrected chi connectivity index (χ0v) is 21.7. The average Bonchev–Trinajstić information content (AvgIpc) is 3.25. The first-order chi connectivity index (χ1) is 16.9. The van der Waals surface area contributed by atoms with E-state index in [9.17, 15) is 4.79 Å². The molecular weight excluding hydrogens is 485 g/mol. The number of rotatable bonds is 5. The molecular formula is C27H31Cl2N3O3. The summed E-state index contributed by atoms with van der Waals surface area (Å²) in [6.07, 6.45) is 2.23. The fourth-order valence-electron chi connectivity index (χ4n) is 4.96. The Bertz CT molecular complexity index is 1210. The minimum absolute atomic E-state index is 0.0286. The molecule has 0 aliphatic carbocycles. The lowest BCUT2D eigenvalue weighted by atomic mass is 10.1. The number of hydrogen-bond acceptors (Lipinski definition) is 4. The van der Waals surface area contributed by atoms with Crippen LogP contribution >= 0.6 is 23.2 Å². The van der Waals surface area contributed by atoms with E-state index in [4.69, 9.17) is 32.7 Å². The number of amides is 1. The van der Waals surface area contributed by atoms with Crippen LogP contribution in [0.2, 0.25) is 10.0 Å². The van der Waals surface area contributed by atoms with Crippen LogP contribution in [0.4, 0.5) is 0 Å². The second-order valence-corrected chi connectivity index (χ2v) is 10.3. The summed E-state index contributed by atoms with van der Waals surface area (Å²) < 4.78 is 13.8. The summed E-state index contributed by atoms with van der Waals surface area (Å²) in [7, 11) is 0. The molecule has 8 heteroatoms. The molecule has 0 saturated carbocycles. The van der Waals surface area contributed by atoms with Gasteiger partial charge in [-0.15, -0.1) is 0 Å². The van der Waals surface area contributed by atoms with Crippen molar-refractivity contribution in [1.82, 2.24) is 14.4 Å². The molecule has 186 valence electrons. The van der Waals surface area contributed by atoms with Crippen molar-refractivity contribution in [3.05, 3.63) is 58.2 Å². The number of aromatic nitrogens is 1. The van der Waals surface area contributed by atoms with E-state index < -0.39 is 0 Å². The van der Waals surface area contributed by atoms with E-state index in [1.807, 2.05) is 39.8 Å². The first-order valence-electron chi connectivity index (χ1n) is 12.3. The Morgan fingerprint density at radius 1 is 0.971 bits per heavy atom. The molecule has 0 unspecified atom stereocenters. The van der Waals surface area contributed by atoms with Crippen molar-refractivity contribution in [2.45, 2.75) is 38.8 Å². The summed E-state index contributed by atoms with van der Waals surface area (Å²) in [5.74, 6) is 0.802. The number of hydrogen-bond donors (Lipinski definition) is 0. The maximum absolute atomic E-state index is 13.6. The van der Waals surface area contributed by atoms with Crippen LogP contribution in [0.1, 0.15) is 37.2 Å². The summed E-state index contributed by atoms with van der Waals surface area (Å²) in [5.41, 5.74) is 2.30. The van der Waals surface area contributed by atoms with Crippen LogP contribution in [0.3, 0.4) is 0 Å². The molecule has 2 aliphatic heterocycles. The molecule has 3 heterocycles. The number of piperidine rings is 1. The molecule has 2 fully saturated rings. The highest BCUT2D eigenvalue weighted by molar-refractivity contribution is 6.42. The normalized spacial score (nSPS) is 17.9. The minimum atomic E-state index is -0.0286. The maximum Gasteiger partial charge on any atom is 0.271 e. The fraction of sp³-hybridized carbons (Fsp3) is 0.444. The maximum atomic E-state index is 13.6. The van der Waals surface area contributed by atoms with Crippen LogP contribution in [0.15, 0.2) is 42.5 Å². The van der Waals surface area contributed by atoms with Crippen LogP contribution in [0.25, 0.3) is 16.6 Å². The number of fused-ring (bicyclic) bond motifs is 1. The van der Waals surface area contributed by atoms with Gasteiger partial charge in [-0.25, -0.2) is 0 Å². The summed E-state index contributed by atoms with van der Waals surface area (Å²) in [5, 5.41) is 1.88. The summed E-state index contributed by atoms with van der Waals surface area (Å²) in [4.78, 5) is 17.9. The largest absolute Gasteiger partial charge is 0.490 e. The van der Waals surface area contributed by atoms with Crippen LogP contribution in [-0.2, 0) is 4.74 Å². The van der Waals surface area contributed by atoms with Gasteiger partial charge in [-0.2, -0.15) is 0 Å². The van der Waals surface area contributed by atoms with E-state index in [0.717, 1.165) is 48.3 Å². The van der Waals surface area contributed by atoms with Gasteiger partial charge in [0.1, 0.15) is 17.5 Å². The van der Waals surface area contributed by atoms with Gasteiger partial charge < -0.3 is 23.8 Å². The second-order valence-electron chi connectivity index (χ2n) is 9.54. The van der Waals surface area contributed by atoms with Crippen LogP contribution in [0.5, 0.6) is 5.75 Å². The van der Waals surface area contributed by atoms with Gasteiger partial charge in [0.15, 0.2) is 0 Å². The van der Waals surface area contributed by atoms with Crippen LogP contribution < -0.4 is 4.74 Å². The third-order valence-electron chi connectivity index (χ3n) is 6.96. The Hall–Kier alpha value is -2.25. The van der Waals surface area contributed by atoms with E-state index in [1.54, 1.807) is 12.1 Å². The molecule has 6 nitrogen and oxygen atoms in total. The van der Waals surface area contributed by atoms with Crippen LogP contribution in [0, 0.1) is 0 Å². The Morgan fingerprint density at radius 3 is 2.40 bits per heavy atom. The minimum Gasteiger partial charge on any atom is -0.490 e. The highest BCUT2D eigenvalue weighted by atomic mass is 35.5. The Balaban J connectivity index is 1.48. The van der Waals surface area contributed by atoms with Crippen molar-refractivity contribution in [3.63, 3.8) is 0 Å². The van der Waals surface area contributed by atoms with Gasteiger partial charge in [-0.1, -0.05) is 23.2 Å². The SMILES string of the molecule is CC(C)N1CCC(Oc2ccc3c(c2)cc(C(=O)N2CCOCC2)n3-c2ccc(Cl)c(Cl)c2)CC1. The van der Waals surface area contributed by atoms with E-state index in [-0.39, 0.29) is 12.0 Å². The average molecular weight is 516 g/mol. The number of nitrogens with zero attached hydrogens (tertiary/aromatic N) is 3. The van der Waals surface area contributed by atoms with E-state index in [1.165, 1.54) is 0 Å². The quantitative estimate of drug-likeness (QED) is 0.439. The molecule has 1 aromatic heterocycles. The van der Waals surface area contributed by atoms with Gasteiger partial charge in [0, 0.05) is 43.3 Å². The Labute approximate surface area is 216 Å². The standard InChI is InChI=1S/C27H31Cl2N3O3/c1-18(2)30-9-7-21(8-10-30)35-22-4-6-25-19(15-22)16-26(27(33)31-11-13-34-14-12-31)32(25)20-3-5-23(28)24(29)17-20/h3-6,15-18,21H,7-14H2,1-2H3. The molecule has 5 rings (SSSR count). The molecule has 0 bridgehead atoms. The summed E-state index contributed by atoms with van der Waals surface area (Å²) in [6, 6.07) is 14.0. The molecule has 3 aromatic rings. The number of morpholine rings is 1. The number of carbonyl (C=O) groups is 1. The molecule has 1 amide bonds. The lowest BCUT2D eigenvalue weighted by Crippen LogP contribution is -2.41. The molecule has 0 N–H and O–H groups in total. The number of halogens is 2. The second kappa shape index (κ2) is 10.4. The van der Waals surface area contributed by atoms with Gasteiger partial charge in [-0.3, -0.25) is 4.79 Å². The van der Waals surface area contributed by atoms with Crippen LogP contribution in [-0.4, -0.2) is 71.8 Å². The molecule has 35 heavy (non-hydrogen) atoms. The molecule has 0 atom stereocenters. The van der Waals surface area contributed by atoms with Gasteiger partial charge in [0.2, 0.25) is 0 Å². The van der Waals surface area contributed by atoms with Gasteiger partial charge >= 0.3 is 0 Å². The topological polar surface area (TPSA) is 46.9 Å².